The Hall–Kier alpha value is -2.49. The molecule has 1 unspecified atom stereocenters. The number of nitrogens with two attached hydrogens (primary N) is 1. The summed E-state index contributed by atoms with van der Waals surface area (Å²) in [5.74, 6) is 1.87. The maximum absolute atomic E-state index is 6.32. The van der Waals surface area contributed by atoms with Crippen molar-refractivity contribution in [2.45, 2.75) is 45.6 Å². The Morgan fingerprint density at radius 1 is 1.26 bits per heavy atom. The normalized spacial score (nSPS) is 23.9. The van der Waals surface area contributed by atoms with Crippen molar-refractivity contribution in [3.05, 3.63) is 58.2 Å². The van der Waals surface area contributed by atoms with Crippen LogP contribution in [-0.4, -0.2) is 81.1 Å². The Balaban J connectivity index is 1.44. The molecule has 2 atom stereocenters. The fourth-order valence-electron chi connectivity index (χ4n) is 5.07. The molecule has 0 spiro atoms. The van der Waals surface area contributed by atoms with E-state index in [1.54, 1.807) is 0 Å². The van der Waals surface area contributed by atoms with Crippen molar-refractivity contribution in [1.82, 2.24) is 29.6 Å². The van der Waals surface area contributed by atoms with E-state index in [2.05, 4.69) is 80.8 Å². The lowest BCUT2D eigenvalue weighted by Crippen LogP contribution is -2.52. The molecule has 9 heteroatoms. The summed E-state index contributed by atoms with van der Waals surface area (Å²) < 4.78 is 1.12. The second-order valence-electron chi connectivity index (χ2n) is 9.48. The first kappa shape index (κ1) is 23.3. The third kappa shape index (κ3) is 4.69. The number of piperidine rings is 1. The van der Waals surface area contributed by atoms with Crippen LogP contribution in [0.25, 0.3) is 10.9 Å². The minimum absolute atomic E-state index is 0.0303. The molecule has 0 radical (unpaired) electrons. The lowest BCUT2D eigenvalue weighted by atomic mass is 10.1. The van der Waals surface area contributed by atoms with Crippen molar-refractivity contribution < 1.29 is 0 Å². The highest BCUT2D eigenvalue weighted by Gasteiger charge is 2.39. The van der Waals surface area contributed by atoms with Crippen LogP contribution in [0.1, 0.15) is 31.3 Å². The number of likely N-dealkylation sites (tertiary alicyclic amines) is 1. The van der Waals surface area contributed by atoms with Gasteiger partial charge in [-0.3, -0.25) is 4.90 Å². The van der Waals surface area contributed by atoms with Crippen LogP contribution < -0.4 is 5.73 Å². The van der Waals surface area contributed by atoms with E-state index in [1.807, 2.05) is 12.1 Å². The zero-order valence-electron chi connectivity index (χ0n) is 20.2. The fourth-order valence-corrected chi connectivity index (χ4v) is 5.21. The summed E-state index contributed by atoms with van der Waals surface area (Å²) in [6, 6.07) is 8.41. The second-order valence-corrected chi connectivity index (χ2v) is 10.7. The van der Waals surface area contributed by atoms with Gasteiger partial charge < -0.3 is 20.4 Å². The first-order valence-electron chi connectivity index (χ1n) is 11.9. The van der Waals surface area contributed by atoms with Crippen LogP contribution in [0.15, 0.2) is 51.7 Å². The van der Waals surface area contributed by atoms with Crippen LogP contribution >= 0.6 is 15.9 Å². The van der Waals surface area contributed by atoms with Gasteiger partial charge in [0.1, 0.15) is 5.82 Å². The molecule has 0 bridgehead atoms. The van der Waals surface area contributed by atoms with E-state index < -0.39 is 0 Å². The number of nitrogens with zero attached hydrogens (tertiary/aromatic N) is 7. The minimum atomic E-state index is -0.0303. The molecule has 0 aliphatic carbocycles. The summed E-state index contributed by atoms with van der Waals surface area (Å²) in [4.78, 5) is 24.1. The van der Waals surface area contributed by atoms with E-state index >= 15 is 0 Å². The molecule has 0 amide bonds. The van der Waals surface area contributed by atoms with Crippen LogP contribution in [0.4, 0.5) is 0 Å². The number of fused-ring (bicyclic) bond motifs is 2. The maximum Gasteiger partial charge on any atom is 0.181 e. The number of allylic oxidation sites excluding steroid dienone is 1. The largest absolute Gasteiger partial charge is 0.350 e. The average Bonchev–Trinajstić information content (AvgIpc) is 3.17. The number of aromatic nitrogens is 2. The maximum atomic E-state index is 6.32. The molecule has 8 nitrogen and oxygen atoms in total. The number of hydrogen-bond donors (Lipinski definition) is 1. The summed E-state index contributed by atoms with van der Waals surface area (Å²) in [5, 5.41) is 1.11. The summed E-state index contributed by atoms with van der Waals surface area (Å²) in [6.07, 6.45) is 6.60. The summed E-state index contributed by atoms with van der Waals surface area (Å²) >= 11 is 3.60. The topological polar surface area (TPSA) is 77.1 Å². The van der Waals surface area contributed by atoms with Gasteiger partial charge in [-0.2, -0.15) is 0 Å². The zero-order valence-corrected chi connectivity index (χ0v) is 21.7. The molecule has 0 saturated carbocycles. The zero-order chi connectivity index (χ0) is 23.8. The van der Waals surface area contributed by atoms with Gasteiger partial charge in [-0.05, 0) is 37.2 Å². The molecule has 180 valence electrons. The summed E-state index contributed by atoms with van der Waals surface area (Å²) in [7, 11) is 2.11. The Morgan fingerprint density at radius 3 is 2.88 bits per heavy atom. The molecule has 1 saturated heterocycles. The van der Waals surface area contributed by atoms with Crippen LogP contribution in [0.2, 0.25) is 0 Å². The highest BCUT2D eigenvalue weighted by Crippen LogP contribution is 2.30. The molecule has 1 aromatic heterocycles. The van der Waals surface area contributed by atoms with Crippen LogP contribution in [0, 0.1) is 6.92 Å². The lowest BCUT2D eigenvalue weighted by Gasteiger charge is -2.39. The van der Waals surface area contributed by atoms with E-state index in [0.29, 0.717) is 6.54 Å². The highest BCUT2D eigenvalue weighted by molar-refractivity contribution is 9.11. The Labute approximate surface area is 210 Å². The Morgan fingerprint density at radius 2 is 2.09 bits per heavy atom. The van der Waals surface area contributed by atoms with E-state index in [0.717, 1.165) is 77.6 Å². The molecular formula is C25H33BrN8. The van der Waals surface area contributed by atoms with Gasteiger partial charge in [0.25, 0.3) is 0 Å². The Kier molecular flexibility index (Phi) is 6.59. The lowest BCUT2D eigenvalue weighted by molar-refractivity contribution is 0.0678. The second kappa shape index (κ2) is 9.64. The molecular weight excluding hydrogens is 492 g/mol. The third-order valence-electron chi connectivity index (χ3n) is 6.69. The van der Waals surface area contributed by atoms with Crippen LogP contribution in [0.5, 0.6) is 0 Å². The molecule has 1 fully saturated rings. The standard InChI is InChI=1S/C25H33BrN8/c1-17(26)10-12-34-22-14-32(15-23-28-18(2)20-8-4-5-9-21(20)29-23)16-31(3)24(22)30-25(34)33-11-6-7-19(27)13-33/h4-5,8-10,14,19,25H,6-7,11-13,15-16,27H2,1-3H3/t19-,25?/m1/s1. The third-order valence-corrected chi connectivity index (χ3v) is 7.01. The number of aryl methyl sites for hydroxylation is 1. The SMILES string of the molecule is CC(Br)=CCN1C2=CN(Cc3nc(C)c4ccccc4n3)CN(C)C2=NC1N1CCC[C@@H](N)C1. The smallest absolute Gasteiger partial charge is 0.181 e. The molecule has 2 aromatic rings. The summed E-state index contributed by atoms with van der Waals surface area (Å²) in [5.41, 5.74) is 9.47. The monoisotopic (exact) mass is 524 g/mol. The number of rotatable bonds is 5. The van der Waals surface area contributed by atoms with Gasteiger partial charge in [-0.1, -0.05) is 40.2 Å². The minimum Gasteiger partial charge on any atom is -0.350 e. The number of aliphatic imine (C=N–C) groups is 1. The van der Waals surface area contributed by atoms with Gasteiger partial charge in [0.2, 0.25) is 0 Å². The number of likely N-dealkylation sites (N-methyl/N-ethyl adjacent to an activating group) is 1. The van der Waals surface area contributed by atoms with Crippen LogP contribution in [-0.2, 0) is 6.54 Å². The molecule has 3 aliphatic rings. The first-order valence-corrected chi connectivity index (χ1v) is 12.7. The first-order chi connectivity index (χ1) is 16.4. The fraction of sp³-hybridized carbons (Fsp3) is 0.480. The van der Waals surface area contributed by atoms with Crippen molar-refractivity contribution in [3.63, 3.8) is 0 Å². The Bertz CT molecular complexity index is 1150. The average molecular weight is 525 g/mol. The van der Waals surface area contributed by atoms with Gasteiger partial charge in [-0.15, -0.1) is 0 Å². The van der Waals surface area contributed by atoms with Gasteiger partial charge in [0, 0.05) is 50.0 Å². The van der Waals surface area contributed by atoms with E-state index in [-0.39, 0.29) is 12.3 Å². The summed E-state index contributed by atoms with van der Waals surface area (Å²) in [6.45, 7) is 8.18. The van der Waals surface area contributed by atoms with E-state index in [4.69, 9.17) is 20.7 Å². The van der Waals surface area contributed by atoms with Crippen molar-refractivity contribution in [1.29, 1.82) is 0 Å². The molecule has 4 heterocycles. The molecule has 34 heavy (non-hydrogen) atoms. The molecule has 2 N–H and O–H groups in total. The molecule has 5 rings (SSSR count). The van der Waals surface area contributed by atoms with E-state index in [9.17, 15) is 0 Å². The number of hydrogen-bond acceptors (Lipinski definition) is 8. The van der Waals surface area contributed by atoms with Crippen molar-refractivity contribution in [2.24, 2.45) is 10.7 Å². The number of benzene rings is 1. The predicted octanol–water partition coefficient (Wildman–Crippen LogP) is 3.20. The number of para-hydroxylation sites is 1. The van der Waals surface area contributed by atoms with Crippen molar-refractivity contribution >= 4 is 32.7 Å². The number of halogens is 1. The highest BCUT2D eigenvalue weighted by atomic mass is 79.9. The van der Waals surface area contributed by atoms with Gasteiger partial charge >= 0.3 is 0 Å². The molecule has 3 aliphatic heterocycles. The molecule has 1 aromatic carbocycles. The van der Waals surface area contributed by atoms with Gasteiger partial charge in [-0.25, -0.2) is 15.0 Å². The predicted molar refractivity (Wildman–Crippen MR) is 140 cm³/mol. The quantitative estimate of drug-likeness (QED) is 0.643. The van der Waals surface area contributed by atoms with Gasteiger partial charge in [0.05, 0.1) is 24.4 Å². The van der Waals surface area contributed by atoms with E-state index in [1.165, 1.54) is 0 Å². The van der Waals surface area contributed by atoms with Crippen LogP contribution in [0.3, 0.4) is 0 Å². The van der Waals surface area contributed by atoms with Crippen molar-refractivity contribution in [3.8, 4) is 0 Å². The van der Waals surface area contributed by atoms with Crippen molar-refractivity contribution in [2.75, 3.05) is 33.4 Å². The van der Waals surface area contributed by atoms with Gasteiger partial charge in [0.15, 0.2) is 12.1 Å². The number of amidine groups is 1.